The van der Waals surface area contributed by atoms with Gasteiger partial charge < -0.3 is 0 Å². The van der Waals surface area contributed by atoms with Crippen LogP contribution in [0, 0.1) is 0 Å². The fraction of sp³-hybridized carbons (Fsp3) is 0.375. The Bertz CT molecular complexity index is 280. The number of nitrogens with two attached hydrogens (primary N) is 1. The molecule has 0 saturated carbocycles. The van der Waals surface area contributed by atoms with Crippen molar-refractivity contribution in [3.05, 3.63) is 18.6 Å². The van der Waals surface area contributed by atoms with Gasteiger partial charge in [0.05, 0.1) is 5.03 Å². The average molecular weight is 212 g/mol. The highest BCUT2D eigenvalue weighted by atomic mass is 32.2. The van der Waals surface area contributed by atoms with Crippen molar-refractivity contribution >= 4 is 17.7 Å². The van der Waals surface area contributed by atoms with Gasteiger partial charge in [0.25, 0.3) is 0 Å². The van der Waals surface area contributed by atoms with Crippen LogP contribution < -0.4 is 11.3 Å². The van der Waals surface area contributed by atoms with Gasteiger partial charge in [-0.25, -0.2) is 15.8 Å². The molecule has 1 aromatic heterocycles. The molecule has 0 saturated heterocycles. The highest BCUT2D eigenvalue weighted by Crippen LogP contribution is 2.14. The molecule has 1 heterocycles. The van der Waals surface area contributed by atoms with Crippen molar-refractivity contribution < 1.29 is 4.79 Å². The van der Waals surface area contributed by atoms with Gasteiger partial charge in [0.1, 0.15) is 6.33 Å². The van der Waals surface area contributed by atoms with E-state index in [1.165, 1.54) is 6.33 Å². The Hall–Kier alpha value is -1.14. The summed E-state index contributed by atoms with van der Waals surface area (Å²) in [4.78, 5) is 18.6. The normalized spacial score (nSPS) is 9.79. The second kappa shape index (κ2) is 6.33. The molecule has 0 radical (unpaired) electrons. The standard InChI is InChI=1S/C8H12N4OS/c9-12-7(13)2-1-5-14-8-3-4-10-6-11-8/h3-4,6H,1-2,5,9H2,(H,12,13). The number of carbonyl (C=O) groups is 1. The molecule has 0 aromatic carbocycles. The van der Waals surface area contributed by atoms with E-state index in [0.29, 0.717) is 6.42 Å². The lowest BCUT2D eigenvalue weighted by Crippen LogP contribution is -2.29. The summed E-state index contributed by atoms with van der Waals surface area (Å²) < 4.78 is 0. The van der Waals surface area contributed by atoms with E-state index in [-0.39, 0.29) is 5.91 Å². The number of thioether (sulfide) groups is 1. The van der Waals surface area contributed by atoms with Gasteiger partial charge >= 0.3 is 0 Å². The van der Waals surface area contributed by atoms with Crippen LogP contribution in [-0.4, -0.2) is 21.6 Å². The number of aromatic nitrogens is 2. The van der Waals surface area contributed by atoms with Gasteiger partial charge in [-0.3, -0.25) is 10.2 Å². The third kappa shape index (κ3) is 4.20. The van der Waals surface area contributed by atoms with Crippen molar-refractivity contribution in [2.24, 2.45) is 5.84 Å². The third-order valence-corrected chi connectivity index (χ3v) is 2.54. The summed E-state index contributed by atoms with van der Waals surface area (Å²) >= 11 is 1.60. The van der Waals surface area contributed by atoms with Gasteiger partial charge in [-0.15, -0.1) is 11.8 Å². The molecular formula is C8H12N4OS. The first kappa shape index (κ1) is 10.9. The Morgan fingerprint density at radius 3 is 3.14 bits per heavy atom. The van der Waals surface area contributed by atoms with Crippen LogP contribution >= 0.6 is 11.8 Å². The molecule has 0 unspecified atom stereocenters. The van der Waals surface area contributed by atoms with Crippen LogP contribution in [0.2, 0.25) is 0 Å². The van der Waals surface area contributed by atoms with Crippen LogP contribution in [0.4, 0.5) is 0 Å². The minimum atomic E-state index is -0.131. The second-order valence-electron chi connectivity index (χ2n) is 2.57. The van der Waals surface area contributed by atoms with Gasteiger partial charge in [-0.1, -0.05) is 0 Å². The lowest BCUT2D eigenvalue weighted by atomic mass is 10.3. The molecule has 0 spiro atoms. The molecule has 0 fully saturated rings. The lowest BCUT2D eigenvalue weighted by Gasteiger charge is -1.99. The molecule has 6 heteroatoms. The maximum atomic E-state index is 10.8. The van der Waals surface area contributed by atoms with Crippen molar-refractivity contribution in [1.29, 1.82) is 0 Å². The fourth-order valence-electron chi connectivity index (χ4n) is 0.846. The van der Waals surface area contributed by atoms with Crippen LogP contribution in [-0.2, 0) is 4.79 Å². The molecule has 5 nitrogen and oxygen atoms in total. The Morgan fingerprint density at radius 1 is 1.64 bits per heavy atom. The van der Waals surface area contributed by atoms with E-state index < -0.39 is 0 Å². The number of hydrogen-bond acceptors (Lipinski definition) is 5. The van der Waals surface area contributed by atoms with Crippen LogP contribution in [0.25, 0.3) is 0 Å². The number of hydrazine groups is 1. The molecule has 0 aliphatic carbocycles. The van der Waals surface area contributed by atoms with E-state index in [0.717, 1.165) is 17.2 Å². The van der Waals surface area contributed by atoms with Crippen LogP contribution in [0.5, 0.6) is 0 Å². The van der Waals surface area contributed by atoms with E-state index in [4.69, 9.17) is 5.84 Å². The molecule has 0 atom stereocenters. The summed E-state index contributed by atoms with van der Waals surface area (Å²) in [6.45, 7) is 0. The summed E-state index contributed by atoms with van der Waals surface area (Å²) in [5, 5.41) is 0.924. The second-order valence-corrected chi connectivity index (χ2v) is 3.68. The van der Waals surface area contributed by atoms with Gasteiger partial charge in [-0.2, -0.15) is 0 Å². The largest absolute Gasteiger partial charge is 0.294 e. The predicted molar refractivity (Wildman–Crippen MR) is 54.3 cm³/mol. The topological polar surface area (TPSA) is 80.9 Å². The molecule has 3 N–H and O–H groups in total. The molecule has 0 bridgehead atoms. The van der Waals surface area contributed by atoms with E-state index >= 15 is 0 Å². The third-order valence-electron chi connectivity index (χ3n) is 1.51. The zero-order valence-corrected chi connectivity index (χ0v) is 8.46. The first-order valence-corrected chi connectivity index (χ1v) is 5.19. The first-order chi connectivity index (χ1) is 6.83. The fourth-order valence-corrected chi connectivity index (χ4v) is 1.62. The molecule has 0 aliphatic heterocycles. The number of amides is 1. The summed E-state index contributed by atoms with van der Waals surface area (Å²) in [6.07, 6.45) is 4.45. The van der Waals surface area contributed by atoms with Gasteiger partial charge in [0, 0.05) is 12.6 Å². The Balaban J connectivity index is 2.13. The number of rotatable bonds is 5. The molecule has 0 aliphatic rings. The Kier molecular flexibility index (Phi) is 4.95. The Morgan fingerprint density at radius 2 is 2.50 bits per heavy atom. The van der Waals surface area contributed by atoms with Crippen LogP contribution in [0.15, 0.2) is 23.6 Å². The van der Waals surface area contributed by atoms with Gasteiger partial charge in [0.2, 0.25) is 5.91 Å². The maximum absolute atomic E-state index is 10.8. The van der Waals surface area contributed by atoms with E-state index in [2.05, 4.69) is 15.4 Å². The van der Waals surface area contributed by atoms with E-state index in [1.54, 1.807) is 18.0 Å². The van der Waals surface area contributed by atoms with Crippen LogP contribution in [0.3, 0.4) is 0 Å². The number of nitrogens with zero attached hydrogens (tertiary/aromatic N) is 2. The van der Waals surface area contributed by atoms with Crippen molar-refractivity contribution in [3.63, 3.8) is 0 Å². The highest BCUT2D eigenvalue weighted by molar-refractivity contribution is 7.99. The average Bonchev–Trinajstić information content (AvgIpc) is 2.25. The monoisotopic (exact) mass is 212 g/mol. The summed E-state index contributed by atoms with van der Waals surface area (Å²) in [7, 11) is 0. The lowest BCUT2D eigenvalue weighted by molar-refractivity contribution is -0.121. The summed E-state index contributed by atoms with van der Waals surface area (Å²) in [5.74, 6) is 5.66. The van der Waals surface area contributed by atoms with Gasteiger partial charge in [-0.05, 0) is 18.2 Å². The zero-order valence-electron chi connectivity index (χ0n) is 7.64. The van der Waals surface area contributed by atoms with Crippen LogP contribution in [0.1, 0.15) is 12.8 Å². The predicted octanol–water partition coefficient (Wildman–Crippen LogP) is 0.339. The minimum Gasteiger partial charge on any atom is -0.294 e. The number of hydrogen-bond donors (Lipinski definition) is 2. The highest BCUT2D eigenvalue weighted by Gasteiger charge is 1.98. The quantitative estimate of drug-likeness (QED) is 0.184. The van der Waals surface area contributed by atoms with Crippen molar-refractivity contribution in [1.82, 2.24) is 15.4 Å². The van der Waals surface area contributed by atoms with Crippen molar-refractivity contribution in [2.75, 3.05) is 5.75 Å². The molecule has 76 valence electrons. The molecular weight excluding hydrogens is 200 g/mol. The Labute approximate surface area is 86.5 Å². The summed E-state index contributed by atoms with van der Waals surface area (Å²) in [6, 6.07) is 1.84. The number of carbonyl (C=O) groups excluding carboxylic acids is 1. The number of nitrogens with one attached hydrogen (secondary N) is 1. The summed E-state index contributed by atoms with van der Waals surface area (Å²) in [5.41, 5.74) is 2.09. The SMILES string of the molecule is NNC(=O)CCCSc1ccncn1. The van der Waals surface area contributed by atoms with Crippen molar-refractivity contribution in [2.45, 2.75) is 17.9 Å². The van der Waals surface area contributed by atoms with E-state index in [9.17, 15) is 4.79 Å². The molecule has 1 aromatic rings. The van der Waals surface area contributed by atoms with Crippen molar-refractivity contribution in [3.8, 4) is 0 Å². The maximum Gasteiger partial charge on any atom is 0.233 e. The zero-order chi connectivity index (χ0) is 10.2. The van der Waals surface area contributed by atoms with Gasteiger partial charge in [0.15, 0.2) is 0 Å². The minimum absolute atomic E-state index is 0.131. The molecule has 1 amide bonds. The molecule has 14 heavy (non-hydrogen) atoms. The van der Waals surface area contributed by atoms with E-state index in [1.807, 2.05) is 6.07 Å². The first-order valence-electron chi connectivity index (χ1n) is 4.21. The smallest absolute Gasteiger partial charge is 0.233 e. The molecule has 1 rings (SSSR count).